The van der Waals surface area contributed by atoms with E-state index in [1.807, 2.05) is 36.4 Å². The predicted octanol–water partition coefficient (Wildman–Crippen LogP) is 4.18. The molecular formula is C17H17ClO. The fourth-order valence-electron chi connectivity index (χ4n) is 2.96. The number of halogens is 1. The number of rotatable bonds is 2. The summed E-state index contributed by atoms with van der Waals surface area (Å²) in [4.78, 5) is 0. The fourth-order valence-corrected chi connectivity index (χ4v) is 3.18. The molecule has 2 aromatic rings. The van der Waals surface area contributed by atoms with Crippen LogP contribution < -0.4 is 0 Å². The molecule has 1 aliphatic rings. The van der Waals surface area contributed by atoms with Crippen molar-refractivity contribution >= 4 is 11.6 Å². The molecule has 2 unspecified atom stereocenters. The van der Waals surface area contributed by atoms with Gasteiger partial charge < -0.3 is 5.11 Å². The molecule has 2 heteroatoms. The van der Waals surface area contributed by atoms with Gasteiger partial charge >= 0.3 is 0 Å². The van der Waals surface area contributed by atoms with E-state index < -0.39 is 0 Å². The van der Waals surface area contributed by atoms with Crippen molar-refractivity contribution in [3.63, 3.8) is 0 Å². The van der Waals surface area contributed by atoms with Gasteiger partial charge in [-0.15, -0.1) is 0 Å². The quantitative estimate of drug-likeness (QED) is 0.870. The van der Waals surface area contributed by atoms with E-state index in [4.69, 9.17) is 11.6 Å². The molecule has 1 nitrogen and oxygen atoms in total. The minimum Gasteiger partial charge on any atom is -0.388 e. The van der Waals surface area contributed by atoms with Gasteiger partial charge in [-0.2, -0.15) is 0 Å². The van der Waals surface area contributed by atoms with E-state index in [1.54, 1.807) is 0 Å². The third-order valence-corrected chi connectivity index (χ3v) is 4.41. The van der Waals surface area contributed by atoms with E-state index in [2.05, 4.69) is 12.1 Å². The van der Waals surface area contributed by atoms with Crippen LogP contribution >= 0.6 is 11.6 Å². The van der Waals surface area contributed by atoms with Crippen molar-refractivity contribution in [1.82, 2.24) is 0 Å². The number of aliphatic hydroxyl groups excluding tert-OH is 1. The number of hydrogen-bond acceptors (Lipinski definition) is 1. The summed E-state index contributed by atoms with van der Waals surface area (Å²) in [6.07, 6.45) is 2.53. The summed E-state index contributed by atoms with van der Waals surface area (Å²) in [5, 5.41) is 11.3. The Kier molecular flexibility index (Phi) is 3.58. The van der Waals surface area contributed by atoms with Crippen LogP contribution in [-0.4, -0.2) is 5.11 Å². The van der Waals surface area contributed by atoms with Crippen LogP contribution in [0.3, 0.4) is 0 Å². The van der Waals surface area contributed by atoms with Crippen LogP contribution in [0.15, 0.2) is 48.5 Å². The number of aryl methyl sites for hydroxylation is 1. The molecule has 0 heterocycles. The lowest BCUT2D eigenvalue weighted by Gasteiger charge is -2.30. The zero-order chi connectivity index (χ0) is 13.2. The Morgan fingerprint density at radius 1 is 1.05 bits per heavy atom. The molecule has 0 radical (unpaired) electrons. The van der Waals surface area contributed by atoms with Crippen molar-refractivity contribution in [2.75, 3.05) is 0 Å². The molecular weight excluding hydrogens is 256 g/mol. The first-order chi connectivity index (χ1) is 9.25. The third kappa shape index (κ3) is 2.54. The first-order valence-corrected chi connectivity index (χ1v) is 7.13. The van der Waals surface area contributed by atoms with Crippen molar-refractivity contribution in [3.05, 3.63) is 70.2 Å². The smallest absolute Gasteiger partial charge is 0.0824 e. The Balaban J connectivity index is 1.83. The summed E-state index contributed by atoms with van der Waals surface area (Å²) in [6.45, 7) is 0. The molecule has 1 aliphatic carbocycles. The summed E-state index contributed by atoms with van der Waals surface area (Å²) >= 11 is 6.21. The lowest BCUT2D eigenvalue weighted by Crippen LogP contribution is -2.22. The SMILES string of the molecule is OC1c2ccccc2CCC1Cc1ccccc1Cl. The minimum absolute atomic E-state index is 0.259. The van der Waals surface area contributed by atoms with Crippen molar-refractivity contribution in [2.45, 2.75) is 25.4 Å². The normalized spacial score (nSPS) is 22.0. The lowest BCUT2D eigenvalue weighted by atomic mass is 9.78. The van der Waals surface area contributed by atoms with Crippen molar-refractivity contribution < 1.29 is 5.11 Å². The number of benzene rings is 2. The molecule has 3 rings (SSSR count). The molecule has 0 aromatic heterocycles. The molecule has 0 bridgehead atoms. The van der Waals surface area contributed by atoms with Gasteiger partial charge in [0.05, 0.1) is 6.10 Å². The average Bonchev–Trinajstić information content (AvgIpc) is 2.44. The molecule has 0 amide bonds. The van der Waals surface area contributed by atoms with E-state index in [0.717, 1.165) is 35.4 Å². The summed E-state index contributed by atoms with van der Waals surface area (Å²) in [7, 11) is 0. The van der Waals surface area contributed by atoms with Gasteiger partial charge in [-0.1, -0.05) is 54.1 Å². The lowest BCUT2D eigenvalue weighted by molar-refractivity contribution is 0.0937. The Morgan fingerprint density at radius 3 is 2.63 bits per heavy atom. The second-order valence-electron chi connectivity index (χ2n) is 5.24. The second-order valence-corrected chi connectivity index (χ2v) is 5.65. The van der Waals surface area contributed by atoms with Crippen LogP contribution in [0.4, 0.5) is 0 Å². The highest BCUT2D eigenvalue weighted by Gasteiger charge is 2.27. The topological polar surface area (TPSA) is 20.2 Å². The second kappa shape index (κ2) is 5.36. The fraction of sp³-hybridized carbons (Fsp3) is 0.294. The van der Waals surface area contributed by atoms with E-state index in [-0.39, 0.29) is 12.0 Å². The van der Waals surface area contributed by atoms with Gasteiger partial charge in [-0.3, -0.25) is 0 Å². The molecule has 19 heavy (non-hydrogen) atoms. The standard InChI is InChI=1S/C17H17ClO/c18-16-8-4-2-6-13(16)11-14-10-9-12-5-1-3-7-15(12)17(14)19/h1-8,14,17,19H,9-11H2. The summed E-state index contributed by atoms with van der Waals surface area (Å²) < 4.78 is 0. The van der Waals surface area contributed by atoms with Gasteiger partial charge in [-0.05, 0) is 47.9 Å². The van der Waals surface area contributed by atoms with E-state index in [0.29, 0.717) is 0 Å². The van der Waals surface area contributed by atoms with Gasteiger partial charge in [0.2, 0.25) is 0 Å². The van der Waals surface area contributed by atoms with Crippen LogP contribution in [0.1, 0.15) is 29.2 Å². The molecule has 0 aliphatic heterocycles. The highest BCUT2D eigenvalue weighted by Crippen LogP contribution is 2.37. The molecule has 2 aromatic carbocycles. The van der Waals surface area contributed by atoms with Crippen LogP contribution in [-0.2, 0) is 12.8 Å². The molecule has 1 N–H and O–H groups in total. The Bertz CT molecular complexity index is 579. The van der Waals surface area contributed by atoms with Crippen LogP contribution in [0, 0.1) is 5.92 Å². The van der Waals surface area contributed by atoms with Gasteiger partial charge in [0, 0.05) is 5.02 Å². The predicted molar refractivity (Wildman–Crippen MR) is 78.4 cm³/mol. The van der Waals surface area contributed by atoms with E-state index in [1.165, 1.54) is 5.56 Å². The Hall–Kier alpha value is -1.31. The van der Waals surface area contributed by atoms with Gasteiger partial charge in [0.1, 0.15) is 0 Å². The zero-order valence-electron chi connectivity index (χ0n) is 10.7. The first-order valence-electron chi connectivity index (χ1n) is 6.75. The molecule has 0 spiro atoms. The Morgan fingerprint density at radius 2 is 1.79 bits per heavy atom. The summed E-state index contributed by atoms with van der Waals surface area (Å²) in [5.41, 5.74) is 3.50. The molecule has 0 fully saturated rings. The van der Waals surface area contributed by atoms with E-state index in [9.17, 15) is 5.11 Å². The van der Waals surface area contributed by atoms with E-state index >= 15 is 0 Å². The average molecular weight is 273 g/mol. The summed E-state index contributed by atoms with van der Waals surface area (Å²) in [5.74, 6) is 0.259. The van der Waals surface area contributed by atoms with Gasteiger partial charge in [0.25, 0.3) is 0 Å². The van der Waals surface area contributed by atoms with Gasteiger partial charge in [-0.25, -0.2) is 0 Å². The number of hydrogen-bond donors (Lipinski definition) is 1. The van der Waals surface area contributed by atoms with Crippen molar-refractivity contribution in [3.8, 4) is 0 Å². The monoisotopic (exact) mass is 272 g/mol. The molecule has 0 saturated carbocycles. The molecule has 98 valence electrons. The van der Waals surface area contributed by atoms with Crippen molar-refractivity contribution in [2.24, 2.45) is 5.92 Å². The first kappa shape index (κ1) is 12.7. The zero-order valence-corrected chi connectivity index (χ0v) is 11.5. The molecule has 0 saturated heterocycles. The maximum absolute atomic E-state index is 10.5. The largest absolute Gasteiger partial charge is 0.388 e. The Labute approximate surface area is 118 Å². The highest BCUT2D eigenvalue weighted by molar-refractivity contribution is 6.31. The minimum atomic E-state index is -0.374. The highest BCUT2D eigenvalue weighted by atomic mass is 35.5. The van der Waals surface area contributed by atoms with Crippen LogP contribution in [0.2, 0.25) is 5.02 Å². The van der Waals surface area contributed by atoms with Crippen molar-refractivity contribution in [1.29, 1.82) is 0 Å². The maximum atomic E-state index is 10.5. The maximum Gasteiger partial charge on any atom is 0.0824 e. The summed E-state index contributed by atoms with van der Waals surface area (Å²) in [6, 6.07) is 16.1. The van der Waals surface area contributed by atoms with Crippen LogP contribution in [0.25, 0.3) is 0 Å². The number of aliphatic hydroxyl groups is 1. The van der Waals surface area contributed by atoms with Crippen LogP contribution in [0.5, 0.6) is 0 Å². The number of fused-ring (bicyclic) bond motifs is 1. The molecule has 2 atom stereocenters. The third-order valence-electron chi connectivity index (χ3n) is 4.04. The van der Waals surface area contributed by atoms with Gasteiger partial charge in [0.15, 0.2) is 0 Å².